The van der Waals surface area contributed by atoms with E-state index in [0.29, 0.717) is 6.42 Å². The first-order valence-electron chi connectivity index (χ1n) is 29.1. The molecule has 4 N–H and O–H groups in total. The van der Waals surface area contributed by atoms with Gasteiger partial charge >= 0.3 is 0 Å². The van der Waals surface area contributed by atoms with Crippen molar-refractivity contribution in [1.29, 1.82) is 0 Å². The highest BCUT2D eigenvalue weighted by Gasteiger charge is 2.20. The standard InChI is InChI=1S/C59H115NO4/c1-3-5-7-9-11-13-15-17-19-21-23-25-27-28-29-30-31-32-34-36-38-40-42-44-46-48-50-52-56(62)54-59(64)60-57(55-61)58(63)53-51-49-47-45-43-41-39-37-35-33-26-24-22-20-18-16-14-12-10-8-6-4-2/h28-29,51,53,56-58,61-63H,3-27,30-50,52,54-55H2,1-2H3,(H,60,64)/b29-28-,53-51+. The second-order valence-electron chi connectivity index (χ2n) is 20.3. The first-order chi connectivity index (χ1) is 31.5. The number of hydrogen-bond donors (Lipinski definition) is 4. The first-order valence-corrected chi connectivity index (χ1v) is 29.1. The lowest BCUT2D eigenvalue weighted by Crippen LogP contribution is -2.45. The number of aliphatic hydroxyl groups excluding tert-OH is 3. The number of amides is 1. The molecule has 0 aromatic rings. The average molecular weight is 903 g/mol. The topological polar surface area (TPSA) is 89.8 Å². The molecular formula is C59H115NO4. The zero-order valence-corrected chi connectivity index (χ0v) is 43.4. The SMILES string of the molecule is CCCCCCCCCCCCCC/C=C\CCCCCCCCCCCCCC(O)CC(=O)NC(CO)C(O)/C=C/CCCCCCCCCCCCCCCCCCCCCC. The third kappa shape index (κ3) is 50.2. The van der Waals surface area contributed by atoms with E-state index in [4.69, 9.17) is 0 Å². The van der Waals surface area contributed by atoms with Crippen LogP contribution in [0, 0.1) is 0 Å². The molecule has 1 amide bonds. The summed E-state index contributed by atoms with van der Waals surface area (Å²) in [4.78, 5) is 12.5. The third-order valence-electron chi connectivity index (χ3n) is 13.7. The normalized spacial score (nSPS) is 13.4. The number of aliphatic hydroxyl groups is 3. The molecule has 0 heterocycles. The smallest absolute Gasteiger partial charge is 0.222 e. The number of carbonyl (C=O) groups excluding carboxylic acids is 1. The predicted molar refractivity (Wildman–Crippen MR) is 282 cm³/mol. The average Bonchev–Trinajstić information content (AvgIpc) is 3.29. The minimum Gasteiger partial charge on any atom is -0.394 e. The van der Waals surface area contributed by atoms with Crippen LogP contribution in [0.3, 0.4) is 0 Å². The Morgan fingerprint density at radius 1 is 0.391 bits per heavy atom. The fourth-order valence-corrected chi connectivity index (χ4v) is 9.28. The summed E-state index contributed by atoms with van der Waals surface area (Å²) in [6, 6.07) is -0.744. The fourth-order valence-electron chi connectivity index (χ4n) is 9.28. The van der Waals surface area contributed by atoms with Crippen LogP contribution < -0.4 is 5.32 Å². The minimum absolute atomic E-state index is 0.0160. The van der Waals surface area contributed by atoms with Gasteiger partial charge in [0.05, 0.1) is 31.3 Å². The second kappa shape index (κ2) is 54.4. The summed E-state index contributed by atoms with van der Waals surface area (Å²) in [5, 5.41) is 33.5. The molecule has 0 aliphatic carbocycles. The molecule has 0 aromatic heterocycles. The van der Waals surface area contributed by atoms with E-state index in [9.17, 15) is 20.1 Å². The third-order valence-corrected chi connectivity index (χ3v) is 13.7. The molecule has 0 fully saturated rings. The van der Waals surface area contributed by atoms with E-state index in [0.717, 1.165) is 25.7 Å². The lowest BCUT2D eigenvalue weighted by atomic mass is 10.0. The van der Waals surface area contributed by atoms with Crippen LogP contribution in [-0.2, 0) is 4.79 Å². The molecule has 3 atom stereocenters. The molecule has 380 valence electrons. The molecule has 5 nitrogen and oxygen atoms in total. The minimum atomic E-state index is -0.929. The van der Waals surface area contributed by atoms with Gasteiger partial charge in [-0.2, -0.15) is 0 Å². The highest BCUT2D eigenvalue weighted by Crippen LogP contribution is 2.18. The molecular weight excluding hydrogens is 787 g/mol. The summed E-state index contributed by atoms with van der Waals surface area (Å²) in [5.74, 6) is -0.311. The number of rotatable bonds is 54. The molecule has 3 unspecified atom stereocenters. The largest absolute Gasteiger partial charge is 0.394 e. The molecule has 64 heavy (non-hydrogen) atoms. The van der Waals surface area contributed by atoms with Crippen LogP contribution in [-0.4, -0.2) is 46.1 Å². The lowest BCUT2D eigenvalue weighted by Gasteiger charge is -2.21. The Hall–Kier alpha value is -1.17. The summed E-state index contributed by atoms with van der Waals surface area (Å²) < 4.78 is 0. The van der Waals surface area contributed by atoms with Gasteiger partial charge in [-0.05, 0) is 44.9 Å². The van der Waals surface area contributed by atoms with E-state index < -0.39 is 18.2 Å². The van der Waals surface area contributed by atoms with E-state index in [2.05, 4.69) is 31.3 Å². The Bertz CT molecular complexity index is 951. The Labute approximate surface area is 401 Å². The van der Waals surface area contributed by atoms with Gasteiger partial charge in [0.2, 0.25) is 5.91 Å². The van der Waals surface area contributed by atoms with Gasteiger partial charge in [-0.25, -0.2) is 0 Å². The Morgan fingerprint density at radius 3 is 0.953 bits per heavy atom. The van der Waals surface area contributed by atoms with Gasteiger partial charge in [-0.1, -0.05) is 295 Å². The van der Waals surface area contributed by atoms with Gasteiger partial charge in [-0.3, -0.25) is 4.79 Å². The number of unbranched alkanes of at least 4 members (excludes halogenated alkanes) is 43. The van der Waals surface area contributed by atoms with Crippen LogP contribution in [0.25, 0.3) is 0 Å². The molecule has 0 radical (unpaired) electrons. The van der Waals surface area contributed by atoms with Crippen LogP contribution in [0.15, 0.2) is 24.3 Å². The Morgan fingerprint density at radius 2 is 0.656 bits per heavy atom. The number of nitrogens with one attached hydrogen (secondary N) is 1. The van der Waals surface area contributed by atoms with E-state index in [-0.39, 0.29) is 18.9 Å². The molecule has 5 heteroatoms. The van der Waals surface area contributed by atoms with Crippen LogP contribution >= 0.6 is 0 Å². The van der Waals surface area contributed by atoms with Crippen molar-refractivity contribution in [2.24, 2.45) is 0 Å². The van der Waals surface area contributed by atoms with Gasteiger partial charge in [0.25, 0.3) is 0 Å². The molecule has 0 aliphatic heterocycles. The van der Waals surface area contributed by atoms with Gasteiger partial charge in [0.1, 0.15) is 0 Å². The molecule has 0 rings (SSSR count). The van der Waals surface area contributed by atoms with E-state index >= 15 is 0 Å². The maximum atomic E-state index is 12.5. The van der Waals surface area contributed by atoms with Crippen molar-refractivity contribution in [3.05, 3.63) is 24.3 Å². The van der Waals surface area contributed by atoms with Crippen molar-refractivity contribution in [1.82, 2.24) is 5.32 Å². The van der Waals surface area contributed by atoms with Crippen molar-refractivity contribution in [2.75, 3.05) is 6.61 Å². The van der Waals surface area contributed by atoms with Crippen LogP contribution in [0.5, 0.6) is 0 Å². The number of allylic oxidation sites excluding steroid dienone is 3. The zero-order valence-electron chi connectivity index (χ0n) is 43.4. The van der Waals surface area contributed by atoms with Gasteiger partial charge < -0.3 is 20.6 Å². The molecule has 0 aromatic carbocycles. The van der Waals surface area contributed by atoms with Crippen molar-refractivity contribution >= 4 is 5.91 Å². The maximum Gasteiger partial charge on any atom is 0.222 e. The molecule has 0 saturated heterocycles. The lowest BCUT2D eigenvalue weighted by molar-refractivity contribution is -0.124. The zero-order chi connectivity index (χ0) is 46.5. The maximum absolute atomic E-state index is 12.5. The van der Waals surface area contributed by atoms with Gasteiger partial charge in [-0.15, -0.1) is 0 Å². The first kappa shape index (κ1) is 62.8. The number of hydrogen-bond acceptors (Lipinski definition) is 4. The van der Waals surface area contributed by atoms with Gasteiger partial charge in [0, 0.05) is 0 Å². The summed E-state index contributed by atoms with van der Waals surface area (Å²) >= 11 is 0. The molecule has 0 bridgehead atoms. The van der Waals surface area contributed by atoms with Crippen LogP contribution in [0.2, 0.25) is 0 Å². The molecule has 0 spiro atoms. The Kier molecular flexibility index (Phi) is 53.4. The highest BCUT2D eigenvalue weighted by molar-refractivity contribution is 5.76. The molecule has 0 saturated carbocycles. The Balaban J connectivity index is 3.55. The summed E-state index contributed by atoms with van der Waals surface area (Å²) in [5.41, 5.74) is 0. The van der Waals surface area contributed by atoms with Crippen molar-refractivity contribution < 1.29 is 20.1 Å². The fraction of sp³-hybridized carbons (Fsp3) is 0.915. The van der Waals surface area contributed by atoms with Crippen molar-refractivity contribution in [2.45, 2.75) is 340 Å². The monoisotopic (exact) mass is 902 g/mol. The second-order valence-corrected chi connectivity index (χ2v) is 20.3. The van der Waals surface area contributed by atoms with Crippen LogP contribution in [0.1, 0.15) is 322 Å². The van der Waals surface area contributed by atoms with E-state index in [1.165, 1.54) is 270 Å². The highest BCUT2D eigenvalue weighted by atomic mass is 16.3. The van der Waals surface area contributed by atoms with E-state index in [1.54, 1.807) is 6.08 Å². The van der Waals surface area contributed by atoms with E-state index in [1.807, 2.05) is 6.08 Å². The van der Waals surface area contributed by atoms with Crippen molar-refractivity contribution in [3.63, 3.8) is 0 Å². The van der Waals surface area contributed by atoms with Crippen molar-refractivity contribution in [3.8, 4) is 0 Å². The molecule has 0 aliphatic rings. The summed E-state index contributed by atoms with van der Waals surface area (Å²) in [6.07, 6.45) is 69.4. The predicted octanol–water partition coefficient (Wildman–Crippen LogP) is 18.1. The number of carbonyl (C=O) groups is 1. The quantitative estimate of drug-likeness (QED) is 0.0362. The van der Waals surface area contributed by atoms with Crippen LogP contribution in [0.4, 0.5) is 0 Å². The van der Waals surface area contributed by atoms with Gasteiger partial charge in [0.15, 0.2) is 0 Å². The summed E-state index contributed by atoms with van der Waals surface area (Å²) in [6.45, 7) is 4.25. The summed E-state index contributed by atoms with van der Waals surface area (Å²) in [7, 11) is 0.